The molecule has 2 rings (SSSR count). The number of rotatable bonds is 2. The maximum absolute atomic E-state index is 12.6. The lowest BCUT2D eigenvalue weighted by Crippen LogP contribution is -1.76. The highest BCUT2D eigenvalue weighted by Crippen LogP contribution is 2.26. The molecule has 0 spiro atoms. The van der Waals surface area contributed by atoms with Gasteiger partial charge >= 0.3 is 0 Å². The minimum atomic E-state index is -0.180. The molecule has 0 atom stereocenters. The first-order valence-corrected chi connectivity index (χ1v) is 5.47. The van der Waals surface area contributed by atoms with Gasteiger partial charge in [-0.2, -0.15) is 0 Å². The van der Waals surface area contributed by atoms with Gasteiger partial charge in [-0.3, -0.25) is 4.98 Å². The molecule has 0 unspecified atom stereocenters. The predicted octanol–water partition coefficient (Wildman–Crippen LogP) is 4.14. The maximum atomic E-state index is 12.6. The fourth-order valence-corrected chi connectivity index (χ4v) is 2.14. The molecule has 3 heteroatoms. The zero-order valence-electron chi connectivity index (χ0n) is 8.27. The lowest BCUT2D eigenvalue weighted by Gasteiger charge is -1.92. The van der Waals surface area contributed by atoms with Crippen molar-refractivity contribution in [2.45, 2.75) is 6.92 Å². The van der Waals surface area contributed by atoms with Crippen molar-refractivity contribution >= 4 is 17.4 Å². The van der Waals surface area contributed by atoms with Crippen molar-refractivity contribution in [3.05, 3.63) is 47.2 Å². The first-order chi connectivity index (χ1) is 7.25. The number of thiophene rings is 1. The number of allylic oxidation sites excluding steroid dienone is 1. The van der Waals surface area contributed by atoms with Gasteiger partial charge in [0.15, 0.2) is 0 Å². The van der Waals surface area contributed by atoms with Crippen LogP contribution in [0.25, 0.3) is 16.6 Å². The van der Waals surface area contributed by atoms with E-state index in [0.717, 1.165) is 16.1 Å². The van der Waals surface area contributed by atoms with Gasteiger partial charge < -0.3 is 0 Å². The van der Waals surface area contributed by atoms with Crippen molar-refractivity contribution in [1.82, 2.24) is 4.98 Å². The Labute approximate surface area is 91.9 Å². The van der Waals surface area contributed by atoms with Crippen LogP contribution in [0.4, 0.5) is 4.39 Å². The number of nitrogens with zero attached hydrogens (tertiary/aromatic N) is 1. The van der Waals surface area contributed by atoms with E-state index < -0.39 is 0 Å². The van der Waals surface area contributed by atoms with Crippen LogP contribution in [-0.2, 0) is 0 Å². The van der Waals surface area contributed by atoms with Crippen LogP contribution in [0.1, 0.15) is 12.5 Å². The van der Waals surface area contributed by atoms with Crippen molar-refractivity contribution in [2.75, 3.05) is 0 Å². The third-order valence-electron chi connectivity index (χ3n) is 1.90. The summed E-state index contributed by atoms with van der Waals surface area (Å²) < 4.78 is 12.6. The van der Waals surface area contributed by atoms with Crippen molar-refractivity contribution < 1.29 is 4.39 Å². The summed E-state index contributed by atoms with van der Waals surface area (Å²) in [6.07, 6.45) is 3.27. The van der Waals surface area contributed by atoms with E-state index in [9.17, 15) is 4.39 Å². The summed E-state index contributed by atoms with van der Waals surface area (Å²) in [6.45, 7) is 1.44. The minimum Gasteiger partial charge on any atom is -0.255 e. The first kappa shape index (κ1) is 10.1. The van der Waals surface area contributed by atoms with Gasteiger partial charge in [-0.25, -0.2) is 4.39 Å². The van der Waals surface area contributed by atoms with Crippen LogP contribution in [-0.4, -0.2) is 4.98 Å². The van der Waals surface area contributed by atoms with Gasteiger partial charge in [0, 0.05) is 6.20 Å². The number of hydrogen-bond donors (Lipinski definition) is 0. The standard InChI is InChI=1S/C12H10FNS/c1-9(13)6-10-7-12(15-8-10)11-4-2-3-5-14-11/h2-8H,1H3/b9-6-. The highest BCUT2D eigenvalue weighted by molar-refractivity contribution is 7.13. The molecule has 76 valence electrons. The van der Waals surface area contributed by atoms with Crippen LogP contribution >= 0.6 is 11.3 Å². The average molecular weight is 219 g/mol. The molecule has 2 heterocycles. The molecule has 2 aromatic heterocycles. The normalized spacial score (nSPS) is 11.7. The highest BCUT2D eigenvalue weighted by Gasteiger charge is 2.01. The lowest BCUT2D eigenvalue weighted by molar-refractivity contribution is 0.648. The summed E-state index contributed by atoms with van der Waals surface area (Å²) in [5.74, 6) is -0.180. The third kappa shape index (κ3) is 2.50. The maximum Gasteiger partial charge on any atom is 0.0974 e. The SMILES string of the molecule is C/C(F)=C/c1csc(-c2ccccn2)c1. The summed E-state index contributed by atoms with van der Waals surface area (Å²) in [7, 11) is 0. The van der Waals surface area contributed by atoms with Crippen LogP contribution in [0.15, 0.2) is 41.7 Å². The number of aromatic nitrogens is 1. The van der Waals surface area contributed by atoms with Crippen molar-refractivity contribution in [3.63, 3.8) is 0 Å². The van der Waals surface area contributed by atoms with E-state index in [-0.39, 0.29) is 5.83 Å². The van der Waals surface area contributed by atoms with E-state index >= 15 is 0 Å². The predicted molar refractivity (Wildman–Crippen MR) is 62.3 cm³/mol. The van der Waals surface area contributed by atoms with Crippen LogP contribution in [0, 0.1) is 0 Å². The summed E-state index contributed by atoms with van der Waals surface area (Å²) in [4.78, 5) is 5.30. The first-order valence-electron chi connectivity index (χ1n) is 4.59. The number of halogens is 1. The molecule has 0 radical (unpaired) electrons. The molecule has 0 bridgehead atoms. The van der Waals surface area contributed by atoms with Gasteiger partial charge in [0.1, 0.15) is 0 Å². The van der Waals surface area contributed by atoms with Crippen LogP contribution in [0.5, 0.6) is 0 Å². The van der Waals surface area contributed by atoms with Gasteiger partial charge in [0.05, 0.1) is 16.4 Å². The quantitative estimate of drug-likeness (QED) is 0.739. The second kappa shape index (κ2) is 4.36. The fourth-order valence-electron chi connectivity index (χ4n) is 1.30. The van der Waals surface area contributed by atoms with E-state index in [2.05, 4.69) is 4.98 Å². The Balaban J connectivity index is 2.32. The van der Waals surface area contributed by atoms with Crippen LogP contribution in [0.3, 0.4) is 0 Å². The molecule has 0 aliphatic carbocycles. The Morgan fingerprint density at radius 3 is 3.00 bits per heavy atom. The topological polar surface area (TPSA) is 12.9 Å². The Bertz CT molecular complexity index is 469. The molecule has 0 aromatic carbocycles. The molecule has 0 saturated heterocycles. The van der Waals surface area contributed by atoms with Crippen molar-refractivity contribution in [3.8, 4) is 10.6 Å². The Morgan fingerprint density at radius 1 is 1.47 bits per heavy atom. The molecule has 0 aliphatic heterocycles. The number of hydrogen-bond acceptors (Lipinski definition) is 2. The molecule has 15 heavy (non-hydrogen) atoms. The lowest BCUT2D eigenvalue weighted by atomic mass is 10.2. The van der Waals surface area contributed by atoms with Crippen molar-refractivity contribution in [2.24, 2.45) is 0 Å². The molecule has 0 aliphatic rings. The van der Waals surface area contributed by atoms with E-state index in [1.54, 1.807) is 17.5 Å². The summed E-state index contributed by atoms with van der Waals surface area (Å²) in [5.41, 5.74) is 1.82. The molecular formula is C12H10FNS. The minimum absolute atomic E-state index is 0.180. The summed E-state index contributed by atoms with van der Waals surface area (Å²) in [6, 6.07) is 7.71. The molecule has 0 saturated carbocycles. The van der Waals surface area contributed by atoms with Gasteiger partial charge in [-0.1, -0.05) is 6.07 Å². The van der Waals surface area contributed by atoms with E-state index in [0.29, 0.717) is 0 Å². The zero-order valence-corrected chi connectivity index (χ0v) is 9.09. The monoisotopic (exact) mass is 219 g/mol. The third-order valence-corrected chi connectivity index (χ3v) is 2.87. The van der Waals surface area contributed by atoms with E-state index in [1.807, 2.05) is 29.6 Å². The molecule has 2 aromatic rings. The Kier molecular flexibility index (Phi) is 2.92. The van der Waals surface area contributed by atoms with E-state index in [1.165, 1.54) is 13.0 Å². The second-order valence-electron chi connectivity index (χ2n) is 3.19. The Morgan fingerprint density at radius 2 is 2.33 bits per heavy atom. The van der Waals surface area contributed by atoms with Crippen LogP contribution in [0.2, 0.25) is 0 Å². The van der Waals surface area contributed by atoms with E-state index in [4.69, 9.17) is 0 Å². The molecule has 0 fully saturated rings. The smallest absolute Gasteiger partial charge is 0.0974 e. The molecule has 1 nitrogen and oxygen atoms in total. The summed E-state index contributed by atoms with van der Waals surface area (Å²) in [5, 5.41) is 1.92. The fraction of sp³-hybridized carbons (Fsp3) is 0.0833. The number of pyridine rings is 1. The zero-order chi connectivity index (χ0) is 10.7. The Hall–Kier alpha value is -1.48. The van der Waals surface area contributed by atoms with Crippen molar-refractivity contribution in [1.29, 1.82) is 0 Å². The highest BCUT2D eigenvalue weighted by atomic mass is 32.1. The van der Waals surface area contributed by atoms with Gasteiger partial charge in [0.25, 0.3) is 0 Å². The largest absolute Gasteiger partial charge is 0.255 e. The van der Waals surface area contributed by atoms with Crippen LogP contribution < -0.4 is 0 Å². The van der Waals surface area contributed by atoms with Gasteiger partial charge in [-0.05, 0) is 42.1 Å². The molecule has 0 amide bonds. The molecule has 0 N–H and O–H groups in total. The van der Waals surface area contributed by atoms with Gasteiger partial charge in [-0.15, -0.1) is 11.3 Å². The average Bonchev–Trinajstić information content (AvgIpc) is 2.67. The van der Waals surface area contributed by atoms with Gasteiger partial charge in [0.2, 0.25) is 0 Å². The second-order valence-corrected chi connectivity index (χ2v) is 4.10. The summed E-state index contributed by atoms with van der Waals surface area (Å²) >= 11 is 1.57. The molecular weight excluding hydrogens is 209 g/mol.